The quantitative estimate of drug-likeness (QED) is 0.0472. The van der Waals surface area contributed by atoms with Crippen LogP contribution in [0.15, 0.2) is 60.7 Å². The van der Waals surface area contributed by atoms with Gasteiger partial charge in [-0.05, 0) is 80.2 Å². The van der Waals surface area contributed by atoms with Crippen molar-refractivity contribution in [3.8, 4) is 5.75 Å². The Kier molecular flexibility index (Phi) is 22.2. The Morgan fingerprint density at radius 1 is 0.723 bits per heavy atom. The number of hydrogen-bond donors (Lipinski definition) is 3. The molecule has 3 N–H and O–H groups in total. The van der Waals surface area contributed by atoms with E-state index in [9.17, 15) is 19.1 Å². The molecule has 0 saturated heterocycles. The topological polar surface area (TPSA) is 105 Å². The smallest absolute Gasteiger partial charge is 0.469 e. The second kappa shape index (κ2) is 25.6. The van der Waals surface area contributed by atoms with E-state index in [-0.39, 0.29) is 12.5 Å². The standard InChI is InChI=1S/C39H62NO6P/c1-3-5-7-8-9-10-11-12-13-14-15-16-17-18-20-22-39(41)40-37(33-46-47(42,43)44)31-35-27-29-38(30-28-35)45-32-36-25-23-34(24-26-36)21-19-6-4-2/h12-13,23-30,37H,3-11,14-22,31-33H2,1-2H3,(H,40,41)(H2,42,43,44)/t37-/m1/s1. The van der Waals surface area contributed by atoms with E-state index in [0.717, 1.165) is 55.4 Å². The molecule has 0 aliphatic heterocycles. The lowest BCUT2D eigenvalue weighted by Crippen LogP contribution is -2.39. The zero-order chi connectivity index (χ0) is 34.0. The summed E-state index contributed by atoms with van der Waals surface area (Å²) >= 11 is 0. The average molecular weight is 672 g/mol. The van der Waals surface area contributed by atoms with Crippen molar-refractivity contribution in [2.24, 2.45) is 0 Å². The molecule has 0 bridgehead atoms. The fourth-order valence-corrected chi connectivity index (χ4v) is 5.92. The molecule has 0 aliphatic carbocycles. The summed E-state index contributed by atoms with van der Waals surface area (Å²) in [4.78, 5) is 31.1. The van der Waals surface area contributed by atoms with Crippen LogP contribution in [0.25, 0.3) is 0 Å². The van der Waals surface area contributed by atoms with Crippen molar-refractivity contribution in [3.63, 3.8) is 0 Å². The predicted octanol–water partition coefficient (Wildman–Crippen LogP) is 10.2. The summed E-state index contributed by atoms with van der Waals surface area (Å²) in [6, 6.07) is 15.6. The van der Waals surface area contributed by atoms with Gasteiger partial charge in [0.2, 0.25) is 5.91 Å². The van der Waals surface area contributed by atoms with Gasteiger partial charge in [0.25, 0.3) is 0 Å². The van der Waals surface area contributed by atoms with Crippen molar-refractivity contribution in [3.05, 3.63) is 77.4 Å². The first-order valence-corrected chi connectivity index (χ1v) is 19.8. The van der Waals surface area contributed by atoms with Crippen LogP contribution in [-0.4, -0.2) is 28.3 Å². The van der Waals surface area contributed by atoms with Crippen LogP contribution >= 0.6 is 7.82 Å². The third kappa shape index (κ3) is 21.9. The molecule has 1 amide bonds. The zero-order valence-corrected chi connectivity index (χ0v) is 30.1. The highest BCUT2D eigenvalue weighted by Crippen LogP contribution is 2.35. The lowest BCUT2D eigenvalue weighted by atomic mass is 10.1. The number of carbonyl (C=O) groups excluding carboxylic acids is 1. The Balaban J connectivity index is 1.67. The maximum Gasteiger partial charge on any atom is 0.469 e. The second-order valence-electron chi connectivity index (χ2n) is 12.8. The number of unbranched alkanes of at least 4 members (excludes halogenated alkanes) is 13. The van der Waals surface area contributed by atoms with E-state index >= 15 is 0 Å². The van der Waals surface area contributed by atoms with E-state index in [1.54, 1.807) is 0 Å². The van der Waals surface area contributed by atoms with Crippen LogP contribution < -0.4 is 10.1 Å². The van der Waals surface area contributed by atoms with Gasteiger partial charge in [-0.2, -0.15) is 0 Å². The fourth-order valence-electron chi connectivity index (χ4n) is 5.55. The van der Waals surface area contributed by atoms with Crippen molar-refractivity contribution in [1.82, 2.24) is 5.32 Å². The molecule has 0 aromatic heterocycles. The summed E-state index contributed by atoms with van der Waals surface area (Å²) in [6.45, 7) is 4.67. The van der Waals surface area contributed by atoms with Crippen LogP contribution in [-0.2, 0) is 33.3 Å². The number of carbonyl (C=O) groups is 1. The van der Waals surface area contributed by atoms with Gasteiger partial charge in [0.05, 0.1) is 12.6 Å². The highest BCUT2D eigenvalue weighted by molar-refractivity contribution is 7.46. The Morgan fingerprint density at radius 3 is 1.87 bits per heavy atom. The second-order valence-corrected chi connectivity index (χ2v) is 14.0. The molecule has 2 aromatic rings. The van der Waals surface area contributed by atoms with E-state index in [0.29, 0.717) is 19.4 Å². The Hall–Kier alpha value is -2.44. The van der Waals surface area contributed by atoms with Gasteiger partial charge in [-0.25, -0.2) is 4.57 Å². The lowest BCUT2D eigenvalue weighted by molar-refractivity contribution is -0.122. The van der Waals surface area contributed by atoms with Crippen molar-refractivity contribution >= 4 is 13.7 Å². The van der Waals surface area contributed by atoms with Crippen LogP contribution in [0.5, 0.6) is 5.75 Å². The Labute approximate surface area is 285 Å². The number of allylic oxidation sites excluding steroid dienone is 2. The molecule has 0 aliphatic rings. The normalized spacial score (nSPS) is 12.4. The van der Waals surface area contributed by atoms with Crippen molar-refractivity contribution < 1.29 is 28.4 Å². The Bertz CT molecular complexity index is 1150. The van der Waals surface area contributed by atoms with Crippen LogP contribution in [0.4, 0.5) is 0 Å². The van der Waals surface area contributed by atoms with Gasteiger partial charge in [-0.1, -0.05) is 127 Å². The number of rotatable bonds is 28. The molecule has 7 nitrogen and oxygen atoms in total. The molecule has 0 spiro atoms. The summed E-state index contributed by atoms with van der Waals surface area (Å²) in [7, 11) is -4.65. The summed E-state index contributed by atoms with van der Waals surface area (Å²) in [6.07, 6.45) is 25.8. The maximum absolute atomic E-state index is 12.7. The highest BCUT2D eigenvalue weighted by atomic mass is 31.2. The molecule has 0 heterocycles. The van der Waals surface area contributed by atoms with Crippen LogP contribution in [0.1, 0.15) is 140 Å². The summed E-state index contributed by atoms with van der Waals surface area (Å²) in [5.74, 6) is 0.607. The highest BCUT2D eigenvalue weighted by Gasteiger charge is 2.20. The summed E-state index contributed by atoms with van der Waals surface area (Å²) in [5, 5.41) is 2.92. The number of aryl methyl sites for hydroxylation is 1. The summed E-state index contributed by atoms with van der Waals surface area (Å²) < 4.78 is 22.1. The first kappa shape index (κ1) is 40.7. The summed E-state index contributed by atoms with van der Waals surface area (Å²) in [5.41, 5.74) is 3.37. The van der Waals surface area contributed by atoms with Gasteiger partial charge >= 0.3 is 7.82 Å². The first-order chi connectivity index (χ1) is 22.8. The van der Waals surface area contributed by atoms with Gasteiger partial charge in [0, 0.05) is 6.42 Å². The lowest BCUT2D eigenvalue weighted by Gasteiger charge is -2.19. The maximum atomic E-state index is 12.7. The Morgan fingerprint density at radius 2 is 1.26 bits per heavy atom. The number of nitrogens with one attached hydrogen (secondary N) is 1. The molecule has 1 atom stereocenters. The van der Waals surface area contributed by atoms with Gasteiger partial charge < -0.3 is 19.8 Å². The van der Waals surface area contributed by atoms with E-state index in [1.807, 2.05) is 24.3 Å². The molecular formula is C39H62NO6P. The number of hydrogen-bond acceptors (Lipinski definition) is 4. The van der Waals surface area contributed by atoms with Crippen molar-refractivity contribution in [2.45, 2.75) is 148 Å². The minimum Gasteiger partial charge on any atom is -0.489 e. The fraction of sp³-hybridized carbons (Fsp3) is 0.615. The molecule has 8 heteroatoms. The van der Waals surface area contributed by atoms with Crippen molar-refractivity contribution in [1.29, 1.82) is 0 Å². The first-order valence-electron chi connectivity index (χ1n) is 18.2. The molecule has 0 saturated carbocycles. The average Bonchev–Trinajstić information content (AvgIpc) is 3.05. The molecule has 2 aromatic carbocycles. The molecule has 0 fully saturated rings. The van der Waals surface area contributed by atoms with Crippen LogP contribution in [0.2, 0.25) is 0 Å². The van der Waals surface area contributed by atoms with E-state index in [4.69, 9.17) is 9.26 Å². The molecular weight excluding hydrogens is 609 g/mol. The molecule has 264 valence electrons. The van der Waals surface area contributed by atoms with Gasteiger partial charge in [0.1, 0.15) is 12.4 Å². The third-order valence-corrected chi connectivity index (χ3v) is 8.86. The van der Waals surface area contributed by atoms with Crippen LogP contribution in [0.3, 0.4) is 0 Å². The molecule has 2 rings (SSSR count). The predicted molar refractivity (Wildman–Crippen MR) is 194 cm³/mol. The number of phosphoric ester groups is 1. The minimum atomic E-state index is -4.65. The van der Waals surface area contributed by atoms with Gasteiger partial charge in [0.15, 0.2) is 0 Å². The third-order valence-electron chi connectivity index (χ3n) is 8.38. The van der Waals surface area contributed by atoms with Gasteiger partial charge in [-0.15, -0.1) is 0 Å². The number of ether oxygens (including phenoxy) is 1. The monoisotopic (exact) mass is 671 g/mol. The van der Waals surface area contributed by atoms with Crippen LogP contribution in [0, 0.1) is 0 Å². The number of benzene rings is 2. The molecule has 0 unspecified atom stereocenters. The minimum absolute atomic E-state index is 0.127. The zero-order valence-electron chi connectivity index (χ0n) is 29.2. The van der Waals surface area contributed by atoms with Gasteiger partial charge in [-0.3, -0.25) is 9.32 Å². The van der Waals surface area contributed by atoms with E-state index in [2.05, 4.69) is 55.6 Å². The van der Waals surface area contributed by atoms with E-state index < -0.39 is 13.9 Å². The number of amides is 1. The number of phosphoric acid groups is 1. The molecule has 0 radical (unpaired) electrons. The molecule has 47 heavy (non-hydrogen) atoms. The SMILES string of the molecule is CCCCCCCCC=CCCCCCCCC(=O)N[C@@H](COP(=O)(O)O)Cc1ccc(OCc2ccc(CCCCC)cc2)cc1. The van der Waals surface area contributed by atoms with Crippen molar-refractivity contribution in [2.75, 3.05) is 6.61 Å². The van der Waals surface area contributed by atoms with E-state index in [1.165, 1.54) is 76.2 Å². The largest absolute Gasteiger partial charge is 0.489 e.